The summed E-state index contributed by atoms with van der Waals surface area (Å²) in [6, 6.07) is 5.51. The van der Waals surface area contributed by atoms with E-state index in [2.05, 4.69) is 4.98 Å². The number of aromatic nitrogens is 2. The third-order valence-corrected chi connectivity index (χ3v) is 4.24. The fourth-order valence-electron chi connectivity index (χ4n) is 3.09. The molecule has 1 unspecified atom stereocenters. The molecule has 1 amide bonds. The number of amides is 1. The van der Waals surface area contributed by atoms with E-state index in [1.165, 1.54) is 7.11 Å². The lowest BCUT2D eigenvalue weighted by molar-refractivity contribution is -0.128. The molecule has 6 nitrogen and oxygen atoms in total. The van der Waals surface area contributed by atoms with Gasteiger partial charge in [0.2, 0.25) is 5.91 Å². The average molecular weight is 301 g/mol. The summed E-state index contributed by atoms with van der Waals surface area (Å²) in [6.45, 7) is 3.42. The Hall–Kier alpha value is -2.37. The molecule has 3 rings (SSSR count). The fraction of sp³-hybridized carbons (Fsp3) is 0.438. The number of hydrogen-bond acceptors (Lipinski definition) is 4. The number of carbonyl (C=O) groups excluding carboxylic acids is 2. The Balaban J connectivity index is 1.90. The Labute approximate surface area is 128 Å². The van der Waals surface area contributed by atoms with Crippen LogP contribution in [0.5, 0.6) is 0 Å². The number of esters is 1. The number of hydrogen-bond donors (Lipinski definition) is 0. The van der Waals surface area contributed by atoms with Crippen molar-refractivity contribution in [1.29, 1.82) is 0 Å². The molecule has 1 atom stereocenters. The van der Waals surface area contributed by atoms with Gasteiger partial charge >= 0.3 is 5.97 Å². The average Bonchev–Trinajstić information content (AvgIpc) is 3.10. The second kappa shape index (κ2) is 5.79. The van der Waals surface area contributed by atoms with Crippen LogP contribution in [0.3, 0.4) is 0 Å². The smallest absolute Gasteiger partial charge is 0.337 e. The molecule has 0 aliphatic carbocycles. The zero-order valence-electron chi connectivity index (χ0n) is 12.8. The van der Waals surface area contributed by atoms with Crippen LogP contribution in [-0.4, -0.2) is 46.0 Å². The molecule has 0 N–H and O–H groups in total. The SMILES string of the molecule is CCN1C(=O)CCC1Cn1cnc2ccc(C(=O)OC)cc21. The zero-order valence-corrected chi connectivity index (χ0v) is 12.8. The third kappa shape index (κ3) is 2.45. The largest absolute Gasteiger partial charge is 0.465 e. The lowest BCUT2D eigenvalue weighted by Gasteiger charge is -2.23. The maximum Gasteiger partial charge on any atom is 0.337 e. The minimum absolute atomic E-state index is 0.191. The van der Waals surface area contributed by atoms with Crippen molar-refractivity contribution in [1.82, 2.24) is 14.5 Å². The molecule has 6 heteroatoms. The Morgan fingerprint density at radius 1 is 1.45 bits per heavy atom. The van der Waals surface area contributed by atoms with E-state index in [0.29, 0.717) is 18.5 Å². The maximum atomic E-state index is 11.8. The Bertz CT molecular complexity index is 722. The van der Waals surface area contributed by atoms with E-state index >= 15 is 0 Å². The van der Waals surface area contributed by atoms with Gasteiger partial charge in [0.05, 0.1) is 36.1 Å². The van der Waals surface area contributed by atoms with Gasteiger partial charge in [-0.2, -0.15) is 0 Å². The van der Waals surface area contributed by atoms with Crippen molar-refractivity contribution in [3.05, 3.63) is 30.1 Å². The molecular formula is C16H19N3O3. The van der Waals surface area contributed by atoms with Crippen LogP contribution in [0.4, 0.5) is 0 Å². The van der Waals surface area contributed by atoms with Crippen molar-refractivity contribution in [2.45, 2.75) is 32.4 Å². The summed E-state index contributed by atoms with van der Waals surface area (Å²) < 4.78 is 6.77. The first-order valence-electron chi connectivity index (χ1n) is 7.46. The Morgan fingerprint density at radius 2 is 2.27 bits per heavy atom. The summed E-state index contributed by atoms with van der Waals surface area (Å²) >= 11 is 0. The number of nitrogens with zero attached hydrogens (tertiary/aromatic N) is 3. The standard InChI is InChI=1S/C16H19N3O3/c1-3-19-12(5-7-15(19)20)9-18-10-17-13-6-4-11(8-14(13)18)16(21)22-2/h4,6,8,10,12H,3,5,7,9H2,1-2H3. The highest BCUT2D eigenvalue weighted by Gasteiger charge is 2.29. The summed E-state index contributed by atoms with van der Waals surface area (Å²) in [5.74, 6) is -0.145. The molecule has 0 radical (unpaired) electrons. The number of rotatable bonds is 4. The summed E-state index contributed by atoms with van der Waals surface area (Å²) in [4.78, 5) is 29.8. The molecule has 1 aromatic heterocycles. The van der Waals surface area contributed by atoms with Gasteiger partial charge in [0.15, 0.2) is 0 Å². The van der Waals surface area contributed by atoms with Crippen molar-refractivity contribution in [3.8, 4) is 0 Å². The molecule has 22 heavy (non-hydrogen) atoms. The third-order valence-electron chi connectivity index (χ3n) is 4.24. The fourth-order valence-corrected chi connectivity index (χ4v) is 3.09. The summed E-state index contributed by atoms with van der Waals surface area (Å²) in [5, 5.41) is 0. The van der Waals surface area contributed by atoms with E-state index in [-0.39, 0.29) is 17.9 Å². The predicted octanol–water partition coefficient (Wildman–Crippen LogP) is 1.83. The molecule has 0 saturated carbocycles. The highest BCUT2D eigenvalue weighted by atomic mass is 16.5. The van der Waals surface area contributed by atoms with Crippen LogP contribution >= 0.6 is 0 Å². The van der Waals surface area contributed by atoms with Crippen LogP contribution in [0.25, 0.3) is 11.0 Å². The van der Waals surface area contributed by atoms with Crippen LogP contribution in [0, 0.1) is 0 Å². The maximum absolute atomic E-state index is 11.8. The summed E-state index contributed by atoms with van der Waals surface area (Å²) in [5.41, 5.74) is 2.23. The summed E-state index contributed by atoms with van der Waals surface area (Å²) in [6.07, 6.45) is 3.24. The molecule has 0 bridgehead atoms. The van der Waals surface area contributed by atoms with Gasteiger partial charge in [0.1, 0.15) is 0 Å². The molecular weight excluding hydrogens is 282 g/mol. The van der Waals surface area contributed by atoms with Gasteiger partial charge in [0, 0.05) is 19.5 Å². The van der Waals surface area contributed by atoms with Crippen LogP contribution in [0.1, 0.15) is 30.1 Å². The van der Waals surface area contributed by atoms with Gasteiger partial charge in [-0.25, -0.2) is 9.78 Å². The number of fused-ring (bicyclic) bond motifs is 1. The van der Waals surface area contributed by atoms with Crippen LogP contribution in [0.2, 0.25) is 0 Å². The van der Waals surface area contributed by atoms with Crippen LogP contribution in [-0.2, 0) is 16.1 Å². The molecule has 2 heterocycles. The van der Waals surface area contributed by atoms with Gasteiger partial charge in [-0.05, 0) is 31.5 Å². The quantitative estimate of drug-likeness (QED) is 0.808. The topological polar surface area (TPSA) is 64.4 Å². The first-order chi connectivity index (χ1) is 10.6. The molecule has 116 valence electrons. The number of likely N-dealkylation sites (N-methyl/N-ethyl adjacent to an activating group) is 1. The zero-order chi connectivity index (χ0) is 15.7. The van der Waals surface area contributed by atoms with E-state index in [9.17, 15) is 9.59 Å². The van der Waals surface area contributed by atoms with E-state index < -0.39 is 0 Å². The number of likely N-dealkylation sites (tertiary alicyclic amines) is 1. The molecule has 1 aliphatic heterocycles. The normalized spacial score (nSPS) is 18.2. The molecule has 1 saturated heterocycles. The van der Waals surface area contributed by atoms with Crippen LogP contribution < -0.4 is 0 Å². The lowest BCUT2D eigenvalue weighted by atomic mass is 10.2. The van der Waals surface area contributed by atoms with Gasteiger partial charge in [0.25, 0.3) is 0 Å². The van der Waals surface area contributed by atoms with Crippen molar-refractivity contribution in [3.63, 3.8) is 0 Å². The molecule has 0 spiro atoms. The Kier molecular flexibility index (Phi) is 3.83. The van der Waals surface area contributed by atoms with Gasteiger partial charge in [-0.1, -0.05) is 0 Å². The molecule has 2 aromatic rings. The molecule has 1 aromatic carbocycles. The Morgan fingerprint density at radius 3 is 3.00 bits per heavy atom. The highest BCUT2D eigenvalue weighted by molar-refractivity contribution is 5.93. The number of imidazole rings is 1. The van der Waals surface area contributed by atoms with E-state index in [1.807, 2.05) is 22.5 Å². The second-order valence-electron chi connectivity index (χ2n) is 5.46. The van der Waals surface area contributed by atoms with Crippen LogP contribution in [0.15, 0.2) is 24.5 Å². The van der Waals surface area contributed by atoms with Crippen molar-refractivity contribution >= 4 is 22.9 Å². The monoisotopic (exact) mass is 301 g/mol. The number of methoxy groups -OCH3 is 1. The molecule has 1 aliphatic rings. The van der Waals surface area contributed by atoms with Gasteiger partial charge in [-0.3, -0.25) is 4.79 Å². The number of ether oxygens (including phenoxy) is 1. The van der Waals surface area contributed by atoms with Crippen molar-refractivity contribution in [2.75, 3.05) is 13.7 Å². The number of benzene rings is 1. The summed E-state index contributed by atoms with van der Waals surface area (Å²) in [7, 11) is 1.37. The van der Waals surface area contributed by atoms with E-state index in [4.69, 9.17) is 4.74 Å². The first-order valence-corrected chi connectivity index (χ1v) is 7.46. The van der Waals surface area contributed by atoms with Crippen molar-refractivity contribution < 1.29 is 14.3 Å². The highest BCUT2D eigenvalue weighted by Crippen LogP contribution is 2.22. The van der Waals surface area contributed by atoms with Gasteiger partial charge < -0.3 is 14.2 Å². The molecule has 1 fully saturated rings. The lowest BCUT2D eigenvalue weighted by Crippen LogP contribution is -2.35. The van der Waals surface area contributed by atoms with E-state index in [0.717, 1.165) is 24.0 Å². The predicted molar refractivity (Wildman–Crippen MR) is 81.5 cm³/mol. The first kappa shape index (κ1) is 14.6. The second-order valence-corrected chi connectivity index (χ2v) is 5.46. The van der Waals surface area contributed by atoms with E-state index in [1.54, 1.807) is 18.5 Å². The minimum atomic E-state index is -0.360. The van der Waals surface area contributed by atoms with Crippen molar-refractivity contribution in [2.24, 2.45) is 0 Å². The minimum Gasteiger partial charge on any atom is -0.465 e. The number of carbonyl (C=O) groups is 2. The van der Waals surface area contributed by atoms with Gasteiger partial charge in [-0.15, -0.1) is 0 Å².